The Morgan fingerprint density at radius 2 is 1.66 bits per heavy atom. The number of para-hydroxylation sites is 1. The lowest BCUT2D eigenvalue weighted by Gasteiger charge is -2.17. The van der Waals surface area contributed by atoms with Gasteiger partial charge in [-0.15, -0.1) is 0 Å². The molecule has 3 heteroatoms. The molecular formula is C26H27N3. The Labute approximate surface area is 173 Å². The Kier molecular flexibility index (Phi) is 5.99. The van der Waals surface area contributed by atoms with Crippen LogP contribution in [0.3, 0.4) is 0 Å². The first-order valence-electron chi connectivity index (χ1n) is 9.59. The molecule has 0 saturated carbocycles. The lowest BCUT2D eigenvalue weighted by molar-refractivity contribution is 1.23. The molecule has 3 aromatic rings. The Balaban J connectivity index is 2.03. The molecule has 0 saturated heterocycles. The molecule has 3 nitrogen and oxygen atoms in total. The molecule has 0 aliphatic heterocycles. The van der Waals surface area contributed by atoms with Crippen molar-refractivity contribution >= 4 is 17.5 Å². The predicted molar refractivity (Wildman–Crippen MR) is 126 cm³/mol. The molecule has 0 amide bonds. The van der Waals surface area contributed by atoms with Crippen LogP contribution in [0.25, 0.3) is 17.2 Å². The van der Waals surface area contributed by atoms with Crippen molar-refractivity contribution in [2.24, 2.45) is 10.9 Å². The van der Waals surface area contributed by atoms with Gasteiger partial charge in [-0.1, -0.05) is 67.8 Å². The van der Waals surface area contributed by atoms with E-state index in [1.54, 1.807) is 0 Å². The Morgan fingerprint density at radius 3 is 2.34 bits per heavy atom. The van der Waals surface area contributed by atoms with Gasteiger partial charge < -0.3 is 11.2 Å². The first-order chi connectivity index (χ1) is 14.0. The third-order valence-corrected chi connectivity index (χ3v) is 5.18. The minimum absolute atomic E-state index is 0.639. The quantitative estimate of drug-likeness (QED) is 0.303. The Morgan fingerprint density at radius 1 is 0.931 bits per heavy atom. The molecule has 0 heterocycles. The normalized spacial score (nSPS) is 11.2. The Bertz CT molecular complexity index is 1110. The van der Waals surface area contributed by atoms with Crippen LogP contribution in [0, 0.1) is 20.8 Å². The van der Waals surface area contributed by atoms with Crippen LogP contribution < -0.4 is 11.2 Å². The number of allylic oxidation sites excluding steroid dienone is 1. The summed E-state index contributed by atoms with van der Waals surface area (Å²) in [6, 6.07) is 20.7. The number of rotatable bonds is 6. The van der Waals surface area contributed by atoms with Crippen molar-refractivity contribution < 1.29 is 0 Å². The summed E-state index contributed by atoms with van der Waals surface area (Å²) in [6.07, 6.45) is 1.90. The average molecular weight is 382 g/mol. The van der Waals surface area contributed by atoms with Crippen LogP contribution in [0.2, 0.25) is 0 Å². The molecule has 3 aromatic carbocycles. The molecule has 3 N–H and O–H groups in total. The third kappa shape index (κ3) is 4.14. The second kappa shape index (κ2) is 8.61. The standard InChI is InChI=1S/C26H27N3/c1-6-22-17(2)11-9-12-23(22)21-15-14-18(3)24(16-21)26(29-27)20(5)28-25-13-8-7-10-19(25)4/h6-16,28H,1,5,27H2,2-4H3/b29-26-. The highest BCUT2D eigenvalue weighted by Gasteiger charge is 2.14. The molecule has 0 spiro atoms. The smallest absolute Gasteiger partial charge is 0.113 e. The van der Waals surface area contributed by atoms with Crippen molar-refractivity contribution in [2.45, 2.75) is 20.8 Å². The maximum atomic E-state index is 5.81. The van der Waals surface area contributed by atoms with E-state index < -0.39 is 0 Å². The van der Waals surface area contributed by atoms with Gasteiger partial charge in [0.25, 0.3) is 0 Å². The molecule has 0 aliphatic rings. The molecule has 3 rings (SSSR count). The number of aryl methyl sites for hydroxylation is 3. The van der Waals surface area contributed by atoms with Crippen LogP contribution in [0.1, 0.15) is 27.8 Å². The zero-order valence-electron chi connectivity index (χ0n) is 17.3. The highest BCUT2D eigenvalue weighted by atomic mass is 15.1. The number of nitrogens with zero attached hydrogens (tertiary/aromatic N) is 1. The van der Waals surface area contributed by atoms with E-state index in [0.717, 1.165) is 39.1 Å². The van der Waals surface area contributed by atoms with Crippen molar-refractivity contribution in [1.29, 1.82) is 0 Å². The van der Waals surface area contributed by atoms with Gasteiger partial charge in [0.1, 0.15) is 5.71 Å². The molecule has 0 bridgehead atoms. The van der Waals surface area contributed by atoms with E-state index in [1.807, 2.05) is 24.3 Å². The summed E-state index contributed by atoms with van der Waals surface area (Å²) in [5.74, 6) is 5.81. The van der Waals surface area contributed by atoms with Gasteiger partial charge in [0.2, 0.25) is 0 Å². The summed E-state index contributed by atoms with van der Waals surface area (Å²) in [5.41, 5.74) is 10.0. The minimum Gasteiger partial charge on any atom is -0.354 e. The number of hydrogen-bond donors (Lipinski definition) is 2. The number of hydrogen-bond acceptors (Lipinski definition) is 3. The van der Waals surface area contributed by atoms with E-state index in [9.17, 15) is 0 Å². The lowest BCUT2D eigenvalue weighted by atomic mass is 9.92. The van der Waals surface area contributed by atoms with Crippen molar-refractivity contribution in [3.05, 3.63) is 107 Å². The number of nitrogens with one attached hydrogen (secondary N) is 1. The maximum Gasteiger partial charge on any atom is 0.113 e. The molecule has 0 aromatic heterocycles. The summed E-state index contributed by atoms with van der Waals surface area (Å²) >= 11 is 0. The lowest BCUT2D eigenvalue weighted by Crippen LogP contribution is -2.16. The SMILES string of the molecule is C=Cc1c(C)cccc1-c1ccc(C)c(/C(=N\N)C(=C)Nc2ccccc2C)c1. The van der Waals surface area contributed by atoms with Gasteiger partial charge in [-0.05, 0) is 66.3 Å². The van der Waals surface area contributed by atoms with Gasteiger partial charge in [0.15, 0.2) is 0 Å². The fourth-order valence-corrected chi connectivity index (χ4v) is 3.49. The summed E-state index contributed by atoms with van der Waals surface area (Å²) in [5, 5.41) is 7.43. The third-order valence-electron chi connectivity index (χ3n) is 5.18. The fourth-order valence-electron chi connectivity index (χ4n) is 3.49. The topological polar surface area (TPSA) is 50.4 Å². The van der Waals surface area contributed by atoms with Crippen molar-refractivity contribution in [3.8, 4) is 11.1 Å². The van der Waals surface area contributed by atoms with Crippen molar-refractivity contribution in [3.63, 3.8) is 0 Å². The number of nitrogens with two attached hydrogens (primary N) is 1. The zero-order valence-corrected chi connectivity index (χ0v) is 17.3. The van der Waals surface area contributed by atoms with Gasteiger partial charge in [0.05, 0.1) is 5.70 Å². The molecule has 29 heavy (non-hydrogen) atoms. The van der Waals surface area contributed by atoms with E-state index in [1.165, 1.54) is 5.56 Å². The first-order valence-corrected chi connectivity index (χ1v) is 9.59. The van der Waals surface area contributed by atoms with E-state index in [0.29, 0.717) is 11.4 Å². The molecule has 0 unspecified atom stereocenters. The van der Waals surface area contributed by atoms with Crippen LogP contribution in [-0.2, 0) is 0 Å². The molecule has 0 atom stereocenters. The fraction of sp³-hybridized carbons (Fsp3) is 0.115. The van der Waals surface area contributed by atoms with Gasteiger partial charge in [-0.3, -0.25) is 0 Å². The van der Waals surface area contributed by atoms with E-state index in [4.69, 9.17) is 5.84 Å². The highest BCUT2D eigenvalue weighted by Crippen LogP contribution is 2.30. The number of benzene rings is 3. The van der Waals surface area contributed by atoms with E-state index in [-0.39, 0.29) is 0 Å². The summed E-state index contributed by atoms with van der Waals surface area (Å²) in [7, 11) is 0. The number of hydrazone groups is 1. The van der Waals surface area contributed by atoms with E-state index in [2.05, 4.69) is 86.8 Å². The summed E-state index contributed by atoms with van der Waals surface area (Å²) in [4.78, 5) is 0. The first kappa shape index (κ1) is 20.2. The van der Waals surface area contributed by atoms with Gasteiger partial charge in [-0.25, -0.2) is 0 Å². The zero-order chi connectivity index (χ0) is 21.0. The molecular weight excluding hydrogens is 354 g/mol. The molecule has 0 aliphatic carbocycles. The van der Waals surface area contributed by atoms with Gasteiger partial charge in [0, 0.05) is 11.3 Å². The average Bonchev–Trinajstić information content (AvgIpc) is 2.71. The Hall–Kier alpha value is -3.59. The van der Waals surface area contributed by atoms with Gasteiger partial charge in [-0.2, -0.15) is 5.10 Å². The molecule has 146 valence electrons. The van der Waals surface area contributed by atoms with Crippen LogP contribution >= 0.6 is 0 Å². The second-order valence-electron chi connectivity index (χ2n) is 7.17. The van der Waals surface area contributed by atoms with Crippen LogP contribution in [-0.4, -0.2) is 5.71 Å². The van der Waals surface area contributed by atoms with Crippen LogP contribution in [0.5, 0.6) is 0 Å². The minimum atomic E-state index is 0.639. The highest BCUT2D eigenvalue weighted by molar-refractivity contribution is 6.15. The van der Waals surface area contributed by atoms with Crippen molar-refractivity contribution in [2.75, 3.05) is 5.32 Å². The second-order valence-corrected chi connectivity index (χ2v) is 7.17. The van der Waals surface area contributed by atoms with Crippen LogP contribution in [0.4, 0.5) is 5.69 Å². The summed E-state index contributed by atoms with van der Waals surface area (Å²) in [6.45, 7) is 14.4. The van der Waals surface area contributed by atoms with Gasteiger partial charge >= 0.3 is 0 Å². The predicted octanol–water partition coefficient (Wildman–Crippen LogP) is 6.21. The van der Waals surface area contributed by atoms with Crippen molar-refractivity contribution in [1.82, 2.24) is 0 Å². The maximum absolute atomic E-state index is 5.81. The molecule has 0 radical (unpaired) electrons. The number of anilines is 1. The van der Waals surface area contributed by atoms with E-state index >= 15 is 0 Å². The summed E-state index contributed by atoms with van der Waals surface area (Å²) < 4.78 is 0. The van der Waals surface area contributed by atoms with Crippen LogP contribution in [0.15, 0.2) is 84.6 Å². The monoisotopic (exact) mass is 381 g/mol. The largest absolute Gasteiger partial charge is 0.354 e. The molecule has 0 fully saturated rings.